The lowest BCUT2D eigenvalue weighted by Gasteiger charge is -2.32. The van der Waals surface area contributed by atoms with Gasteiger partial charge in [0.05, 0.1) is 17.9 Å². The van der Waals surface area contributed by atoms with E-state index in [0.717, 1.165) is 36.9 Å². The predicted octanol–water partition coefficient (Wildman–Crippen LogP) is 1.10. The van der Waals surface area contributed by atoms with Crippen molar-refractivity contribution in [1.29, 1.82) is 0 Å². The zero-order valence-corrected chi connectivity index (χ0v) is 11.4. The van der Waals surface area contributed by atoms with Crippen molar-refractivity contribution in [3.8, 4) is 0 Å². The minimum atomic E-state index is 0.290. The molecule has 1 saturated carbocycles. The molecule has 102 valence electrons. The summed E-state index contributed by atoms with van der Waals surface area (Å²) in [5.41, 5.74) is 2.01. The summed E-state index contributed by atoms with van der Waals surface area (Å²) in [7, 11) is 0. The van der Waals surface area contributed by atoms with E-state index in [0.29, 0.717) is 5.92 Å². The average Bonchev–Trinajstić information content (AvgIpc) is 2.66. The number of aliphatic hydroxyl groups excluding tert-OH is 1. The van der Waals surface area contributed by atoms with Crippen LogP contribution in [0.1, 0.15) is 37.6 Å². The standard InChI is InChI=1S/C13H24N4O/c1-3-17-15-10(2)13(16-17)8-14-7-12(9-18)11-5-4-6-11/h11-12,14,18H,3-9H2,1-2H3. The van der Waals surface area contributed by atoms with E-state index in [4.69, 9.17) is 0 Å². The van der Waals surface area contributed by atoms with Gasteiger partial charge in [0.15, 0.2) is 0 Å². The molecule has 2 rings (SSSR count). The van der Waals surface area contributed by atoms with Crippen LogP contribution in [0, 0.1) is 18.8 Å². The van der Waals surface area contributed by atoms with Crippen LogP contribution in [0.3, 0.4) is 0 Å². The first-order valence-electron chi connectivity index (χ1n) is 6.96. The molecule has 0 amide bonds. The molecular weight excluding hydrogens is 228 g/mol. The van der Waals surface area contributed by atoms with Crippen molar-refractivity contribution in [2.45, 2.75) is 46.2 Å². The molecule has 0 radical (unpaired) electrons. The van der Waals surface area contributed by atoms with Gasteiger partial charge in [-0.3, -0.25) is 0 Å². The molecule has 18 heavy (non-hydrogen) atoms. The summed E-state index contributed by atoms with van der Waals surface area (Å²) < 4.78 is 0. The van der Waals surface area contributed by atoms with Gasteiger partial charge < -0.3 is 10.4 Å². The Morgan fingerprint density at radius 3 is 2.72 bits per heavy atom. The Labute approximate surface area is 109 Å². The van der Waals surface area contributed by atoms with Gasteiger partial charge in [0.2, 0.25) is 0 Å². The van der Waals surface area contributed by atoms with Crippen LogP contribution in [0.25, 0.3) is 0 Å². The van der Waals surface area contributed by atoms with Crippen molar-refractivity contribution in [3.05, 3.63) is 11.4 Å². The number of aliphatic hydroxyl groups is 1. The van der Waals surface area contributed by atoms with Crippen molar-refractivity contribution < 1.29 is 5.11 Å². The first-order chi connectivity index (χ1) is 8.74. The first-order valence-corrected chi connectivity index (χ1v) is 6.96. The number of nitrogens with one attached hydrogen (secondary N) is 1. The van der Waals surface area contributed by atoms with Gasteiger partial charge >= 0.3 is 0 Å². The highest BCUT2D eigenvalue weighted by Gasteiger charge is 2.26. The molecule has 1 unspecified atom stereocenters. The van der Waals surface area contributed by atoms with Crippen molar-refractivity contribution in [2.75, 3.05) is 13.2 Å². The highest BCUT2D eigenvalue weighted by Crippen LogP contribution is 2.32. The number of aryl methyl sites for hydroxylation is 2. The lowest BCUT2D eigenvalue weighted by atomic mass is 9.76. The fourth-order valence-corrected chi connectivity index (χ4v) is 2.44. The van der Waals surface area contributed by atoms with Crippen LogP contribution < -0.4 is 5.32 Å². The van der Waals surface area contributed by atoms with Gasteiger partial charge in [-0.05, 0) is 25.7 Å². The number of rotatable bonds is 7. The van der Waals surface area contributed by atoms with Gasteiger partial charge in [-0.25, -0.2) is 0 Å². The smallest absolute Gasteiger partial charge is 0.0994 e. The number of hydrogen-bond donors (Lipinski definition) is 2. The second-order valence-corrected chi connectivity index (χ2v) is 5.19. The topological polar surface area (TPSA) is 63.0 Å². The van der Waals surface area contributed by atoms with Crippen LogP contribution in [0.15, 0.2) is 0 Å². The first kappa shape index (κ1) is 13.5. The second kappa shape index (κ2) is 6.29. The average molecular weight is 252 g/mol. The van der Waals surface area contributed by atoms with Crippen molar-refractivity contribution >= 4 is 0 Å². The fraction of sp³-hybridized carbons (Fsp3) is 0.846. The fourth-order valence-electron chi connectivity index (χ4n) is 2.44. The van der Waals surface area contributed by atoms with E-state index in [1.54, 1.807) is 4.80 Å². The van der Waals surface area contributed by atoms with E-state index in [-0.39, 0.29) is 6.61 Å². The number of nitrogens with zero attached hydrogens (tertiary/aromatic N) is 3. The van der Waals surface area contributed by atoms with E-state index in [1.807, 2.05) is 13.8 Å². The summed E-state index contributed by atoms with van der Waals surface area (Å²) in [5, 5.41) is 21.5. The molecule has 1 aliphatic carbocycles. The van der Waals surface area contributed by atoms with Gasteiger partial charge in [-0.1, -0.05) is 19.3 Å². The Bertz CT molecular complexity index is 373. The quantitative estimate of drug-likeness (QED) is 0.763. The molecule has 0 aliphatic heterocycles. The third kappa shape index (κ3) is 3.09. The van der Waals surface area contributed by atoms with E-state index >= 15 is 0 Å². The monoisotopic (exact) mass is 252 g/mol. The molecule has 0 saturated heterocycles. The van der Waals surface area contributed by atoms with Gasteiger partial charge in [0.25, 0.3) is 0 Å². The Kier molecular flexibility index (Phi) is 4.72. The normalized spacial score (nSPS) is 17.7. The van der Waals surface area contributed by atoms with Gasteiger partial charge in [-0.15, -0.1) is 0 Å². The minimum absolute atomic E-state index is 0.290. The minimum Gasteiger partial charge on any atom is -0.396 e. The molecule has 0 aromatic carbocycles. The maximum atomic E-state index is 9.38. The summed E-state index contributed by atoms with van der Waals surface area (Å²) in [6.45, 7) is 6.75. The largest absolute Gasteiger partial charge is 0.396 e. The molecule has 0 bridgehead atoms. The molecule has 1 aromatic rings. The number of aromatic nitrogens is 3. The summed E-state index contributed by atoms with van der Waals surface area (Å²) in [5.74, 6) is 1.12. The van der Waals surface area contributed by atoms with E-state index < -0.39 is 0 Å². The van der Waals surface area contributed by atoms with Crippen molar-refractivity contribution in [2.24, 2.45) is 11.8 Å². The molecule has 5 heteroatoms. The lowest BCUT2D eigenvalue weighted by molar-refractivity contribution is 0.122. The van der Waals surface area contributed by atoms with Crippen molar-refractivity contribution in [1.82, 2.24) is 20.3 Å². The molecular formula is C13H24N4O. The maximum absolute atomic E-state index is 9.38. The summed E-state index contributed by atoms with van der Waals surface area (Å²) in [6, 6.07) is 0. The van der Waals surface area contributed by atoms with Crippen molar-refractivity contribution in [3.63, 3.8) is 0 Å². The van der Waals surface area contributed by atoms with Gasteiger partial charge in [0.1, 0.15) is 0 Å². The molecule has 1 heterocycles. The van der Waals surface area contributed by atoms with Gasteiger partial charge in [-0.2, -0.15) is 15.0 Å². The highest BCUT2D eigenvalue weighted by molar-refractivity contribution is 5.05. The van der Waals surface area contributed by atoms with Gasteiger partial charge in [0, 0.05) is 19.7 Å². The molecule has 2 N–H and O–H groups in total. The molecule has 1 aromatic heterocycles. The SMILES string of the molecule is CCn1nc(C)c(CNCC(CO)C2CCC2)n1. The van der Waals surface area contributed by atoms with E-state index in [9.17, 15) is 5.11 Å². The highest BCUT2D eigenvalue weighted by atomic mass is 16.3. The summed E-state index contributed by atoms with van der Waals surface area (Å²) in [4.78, 5) is 1.72. The van der Waals surface area contributed by atoms with E-state index in [2.05, 4.69) is 15.5 Å². The molecule has 5 nitrogen and oxygen atoms in total. The molecule has 0 spiro atoms. The van der Waals surface area contributed by atoms with Crippen LogP contribution >= 0.6 is 0 Å². The van der Waals surface area contributed by atoms with E-state index in [1.165, 1.54) is 19.3 Å². The van der Waals surface area contributed by atoms with Crippen LogP contribution in [-0.2, 0) is 13.1 Å². The molecule has 1 aliphatic rings. The molecule has 1 fully saturated rings. The predicted molar refractivity (Wildman–Crippen MR) is 70.1 cm³/mol. The zero-order valence-electron chi connectivity index (χ0n) is 11.4. The number of hydrogen-bond acceptors (Lipinski definition) is 4. The maximum Gasteiger partial charge on any atom is 0.0994 e. The van der Waals surface area contributed by atoms with Crippen LogP contribution in [0.2, 0.25) is 0 Å². The van der Waals surface area contributed by atoms with Crippen LogP contribution in [-0.4, -0.2) is 33.3 Å². The second-order valence-electron chi connectivity index (χ2n) is 5.19. The zero-order chi connectivity index (χ0) is 13.0. The Morgan fingerprint density at radius 1 is 1.44 bits per heavy atom. The Hall–Kier alpha value is -0.940. The third-order valence-electron chi connectivity index (χ3n) is 3.95. The summed E-state index contributed by atoms with van der Waals surface area (Å²) in [6.07, 6.45) is 3.88. The van der Waals surface area contributed by atoms with Crippen LogP contribution in [0.5, 0.6) is 0 Å². The lowest BCUT2D eigenvalue weighted by Crippen LogP contribution is -2.34. The summed E-state index contributed by atoms with van der Waals surface area (Å²) >= 11 is 0. The Balaban J connectivity index is 1.78. The third-order valence-corrected chi connectivity index (χ3v) is 3.95. The van der Waals surface area contributed by atoms with Crippen LogP contribution in [0.4, 0.5) is 0 Å². The Morgan fingerprint density at radius 2 is 2.22 bits per heavy atom. The molecule has 1 atom stereocenters.